The Morgan fingerprint density at radius 2 is 0.504 bits per heavy atom. The molecule has 602 valence electrons. The molecule has 0 aliphatic heterocycles. The third kappa shape index (κ3) is 11.7. The number of benzene rings is 19. The molecule has 0 fully saturated rings. The van der Waals surface area contributed by atoms with Crippen molar-refractivity contribution in [1.82, 2.24) is 0 Å². The highest BCUT2D eigenvalue weighted by molar-refractivity contribution is 6.11. The predicted molar refractivity (Wildman–Crippen MR) is 528 cm³/mol. The van der Waals surface area contributed by atoms with Gasteiger partial charge in [0.05, 0.1) is 5.41 Å². The van der Waals surface area contributed by atoms with E-state index in [2.05, 4.69) is 469 Å². The Balaban J connectivity index is 0.000000142. The van der Waals surface area contributed by atoms with Crippen LogP contribution in [0.4, 0.5) is 34.1 Å². The van der Waals surface area contributed by atoms with Crippen molar-refractivity contribution < 1.29 is 8.83 Å². The summed E-state index contributed by atoms with van der Waals surface area (Å²) in [6, 6.07) is 163. The monoisotopic (exact) mass is 1620 g/mol. The van der Waals surface area contributed by atoms with Gasteiger partial charge in [0.25, 0.3) is 0 Å². The van der Waals surface area contributed by atoms with Crippen molar-refractivity contribution in [2.75, 3.05) is 9.80 Å². The zero-order valence-corrected chi connectivity index (χ0v) is 71.4. The SMILES string of the molecule is CC1(C)c2ccccc2-c2ccc(N(c3ccc(-c4ccc5c(c4)-c4ccccc4C5(C)c4ccccc4)cc3)c3ccc(-c4cccc5c4oc4ccccc45)cc3)cc21.CC1(C)c2ccccc2-c2ccc(N(c3ccc(-c4cccc5c4C(c4ccccc4)(c4ccccc4)c4ccccc4-5)cc3)c3ccc(-c4cccc5c4oc4ccccc45)cc3)cc21. The van der Waals surface area contributed by atoms with Crippen LogP contribution in [0.1, 0.15) is 95.8 Å². The van der Waals surface area contributed by atoms with Gasteiger partial charge in [0.2, 0.25) is 0 Å². The molecule has 4 nitrogen and oxygen atoms in total. The fourth-order valence-electron chi connectivity index (χ4n) is 22.2. The van der Waals surface area contributed by atoms with Crippen molar-refractivity contribution >= 4 is 78.0 Å². The van der Waals surface area contributed by atoms with Gasteiger partial charge in [0.1, 0.15) is 22.3 Å². The van der Waals surface area contributed by atoms with Crippen LogP contribution in [-0.2, 0) is 21.7 Å². The van der Waals surface area contributed by atoms with Gasteiger partial charge in [0, 0.05) is 83.0 Å². The summed E-state index contributed by atoms with van der Waals surface area (Å²) in [5.41, 5.74) is 43.6. The van der Waals surface area contributed by atoms with E-state index in [4.69, 9.17) is 8.83 Å². The highest BCUT2D eigenvalue weighted by Gasteiger charge is 2.48. The maximum absolute atomic E-state index is 6.49. The fourth-order valence-corrected chi connectivity index (χ4v) is 22.2. The number of para-hydroxylation sites is 4. The van der Waals surface area contributed by atoms with Gasteiger partial charge in [-0.05, 0) is 237 Å². The predicted octanol–water partition coefficient (Wildman–Crippen LogP) is 33.1. The molecule has 0 bridgehead atoms. The van der Waals surface area contributed by atoms with Crippen LogP contribution in [0, 0.1) is 0 Å². The van der Waals surface area contributed by atoms with Crippen molar-refractivity contribution in [1.29, 1.82) is 0 Å². The molecule has 0 N–H and O–H groups in total. The van der Waals surface area contributed by atoms with Gasteiger partial charge in [-0.3, -0.25) is 0 Å². The molecule has 0 saturated heterocycles. The van der Waals surface area contributed by atoms with Crippen LogP contribution in [0.3, 0.4) is 0 Å². The molecule has 21 aromatic rings. The standard InChI is InChI=1S/C64H45NO.C59H43NO/c1-63(2)57-28-12-9-21-51(57)53-40-39-48(41-59(53)63)65(47-37-33-43(34-38-47)50-25-16-27-56-54-23-11-14-30-60(54)66-62(50)56)46-35-31-42(32-36-46)49-24-15-26-55-52-22-10-13-29-58(52)64(61(49)55,44-17-5-3-6-18-44)45-19-7-4-8-20-45;1-58(2)52-21-10-7-16-46(52)48-34-33-44(37-55(48)58)60(43-31-26-39(27-32-43)45-19-13-20-50-49-18-9-12-23-56(49)61-57(45)50)42-29-24-38(25-30-42)40-28-35-54-51(36-40)47-17-8-11-22-53(47)59(54,3)41-14-5-4-6-15-41/h3-41H,1-2H3;4-37H,1-3H3. The summed E-state index contributed by atoms with van der Waals surface area (Å²) in [6.07, 6.45) is 0. The van der Waals surface area contributed by atoms with Crippen LogP contribution >= 0.6 is 0 Å². The Labute approximate surface area is 740 Å². The van der Waals surface area contributed by atoms with E-state index in [1.54, 1.807) is 0 Å². The van der Waals surface area contributed by atoms with E-state index in [1.807, 2.05) is 18.2 Å². The average molecular weight is 1630 g/mol. The molecule has 0 saturated carbocycles. The van der Waals surface area contributed by atoms with Crippen molar-refractivity contribution in [3.05, 3.63) is 504 Å². The maximum Gasteiger partial charge on any atom is 0.143 e. The molecule has 1 atom stereocenters. The Morgan fingerprint density at radius 3 is 0.976 bits per heavy atom. The third-order valence-electron chi connectivity index (χ3n) is 28.4. The van der Waals surface area contributed by atoms with Crippen LogP contribution in [-0.4, -0.2) is 0 Å². The molecule has 4 aliphatic carbocycles. The lowest BCUT2D eigenvalue weighted by Crippen LogP contribution is -2.29. The second kappa shape index (κ2) is 29.3. The zero-order chi connectivity index (χ0) is 84.9. The van der Waals surface area contributed by atoms with Gasteiger partial charge in [0.15, 0.2) is 0 Å². The van der Waals surface area contributed by atoms with Gasteiger partial charge in [-0.2, -0.15) is 0 Å². The molecule has 127 heavy (non-hydrogen) atoms. The average Bonchev–Trinajstić information content (AvgIpc) is 1.53. The van der Waals surface area contributed by atoms with E-state index in [0.29, 0.717) is 0 Å². The number of anilines is 6. The van der Waals surface area contributed by atoms with Crippen LogP contribution in [0.2, 0.25) is 0 Å². The van der Waals surface area contributed by atoms with Crippen LogP contribution in [0.5, 0.6) is 0 Å². The van der Waals surface area contributed by atoms with E-state index >= 15 is 0 Å². The first-order valence-corrected chi connectivity index (χ1v) is 44.3. The summed E-state index contributed by atoms with van der Waals surface area (Å²) in [6.45, 7) is 11.8. The van der Waals surface area contributed by atoms with E-state index in [9.17, 15) is 0 Å². The number of hydrogen-bond donors (Lipinski definition) is 0. The van der Waals surface area contributed by atoms with E-state index in [-0.39, 0.29) is 16.2 Å². The number of fused-ring (bicyclic) bond motifs is 18. The Morgan fingerprint density at radius 1 is 0.189 bits per heavy atom. The zero-order valence-electron chi connectivity index (χ0n) is 71.4. The second-order valence-corrected chi connectivity index (χ2v) is 35.8. The largest absolute Gasteiger partial charge is 0.455 e. The normalized spacial score (nSPS) is 14.7. The molecule has 0 radical (unpaired) electrons. The van der Waals surface area contributed by atoms with E-state index in [0.717, 1.165) is 100 Å². The van der Waals surface area contributed by atoms with Crippen molar-refractivity contribution in [3.63, 3.8) is 0 Å². The first kappa shape index (κ1) is 75.1. The van der Waals surface area contributed by atoms with Crippen molar-refractivity contribution in [3.8, 4) is 89.0 Å². The van der Waals surface area contributed by atoms with Gasteiger partial charge in [-0.15, -0.1) is 0 Å². The summed E-state index contributed by atoms with van der Waals surface area (Å²) < 4.78 is 12.9. The molecule has 2 aromatic heterocycles. The third-order valence-corrected chi connectivity index (χ3v) is 28.4. The molecule has 19 aromatic carbocycles. The Kier molecular flexibility index (Phi) is 17.3. The summed E-state index contributed by atoms with van der Waals surface area (Å²) in [4.78, 5) is 4.82. The van der Waals surface area contributed by atoms with E-state index < -0.39 is 5.41 Å². The van der Waals surface area contributed by atoms with Gasteiger partial charge >= 0.3 is 0 Å². The highest BCUT2D eigenvalue weighted by Crippen LogP contribution is 2.61. The molecule has 1 unspecified atom stereocenters. The molecular formula is C123H88N2O2. The molecule has 25 rings (SSSR count). The highest BCUT2D eigenvalue weighted by atomic mass is 16.3. The maximum atomic E-state index is 6.49. The van der Waals surface area contributed by atoms with Crippen molar-refractivity contribution in [2.24, 2.45) is 0 Å². The molecule has 2 heterocycles. The lowest BCUT2D eigenvalue weighted by molar-refractivity contribution is 0.660. The first-order valence-electron chi connectivity index (χ1n) is 44.3. The molecule has 0 amide bonds. The van der Waals surface area contributed by atoms with E-state index in [1.165, 1.54) is 128 Å². The quantitative estimate of drug-likeness (QED) is 0.115. The van der Waals surface area contributed by atoms with Crippen LogP contribution in [0.25, 0.3) is 133 Å². The Bertz CT molecular complexity index is 7890. The number of nitrogens with zero attached hydrogens (tertiary/aromatic N) is 2. The second-order valence-electron chi connectivity index (χ2n) is 35.8. The minimum atomic E-state index is -0.501. The topological polar surface area (TPSA) is 32.8 Å². The number of furan rings is 2. The first-order chi connectivity index (χ1) is 62.4. The van der Waals surface area contributed by atoms with Crippen LogP contribution < -0.4 is 9.80 Å². The molecule has 0 spiro atoms. The lowest BCUT2D eigenvalue weighted by Gasteiger charge is -2.35. The van der Waals surface area contributed by atoms with Crippen molar-refractivity contribution in [2.45, 2.75) is 56.3 Å². The molecular weight excluding hydrogens is 1540 g/mol. The number of hydrogen-bond acceptors (Lipinski definition) is 4. The molecule has 4 heteroatoms. The summed E-state index contributed by atoms with van der Waals surface area (Å²) in [7, 11) is 0. The summed E-state index contributed by atoms with van der Waals surface area (Å²) in [5, 5.41) is 4.55. The smallest absolute Gasteiger partial charge is 0.143 e. The van der Waals surface area contributed by atoms with Crippen LogP contribution in [0.15, 0.2) is 452 Å². The van der Waals surface area contributed by atoms with Gasteiger partial charge in [-0.25, -0.2) is 0 Å². The lowest BCUT2D eigenvalue weighted by atomic mass is 9.66. The number of rotatable bonds is 13. The summed E-state index contributed by atoms with van der Waals surface area (Å²) >= 11 is 0. The summed E-state index contributed by atoms with van der Waals surface area (Å²) in [5.74, 6) is 0. The minimum absolute atomic E-state index is 0.116. The fraction of sp³-hybridized carbons (Fsp3) is 0.0732. The molecule has 4 aliphatic rings. The van der Waals surface area contributed by atoms with Gasteiger partial charge < -0.3 is 18.6 Å². The minimum Gasteiger partial charge on any atom is -0.455 e. The Hall–Kier alpha value is -15.6. The van der Waals surface area contributed by atoms with Gasteiger partial charge in [-0.1, -0.05) is 380 Å².